The third-order valence-corrected chi connectivity index (χ3v) is 5.42. The lowest BCUT2D eigenvalue weighted by Gasteiger charge is -2.40. The molecule has 118 valence electrons. The molecule has 3 N–H and O–H groups in total. The summed E-state index contributed by atoms with van der Waals surface area (Å²) in [6.45, 7) is 2.26. The molecule has 0 bridgehead atoms. The van der Waals surface area contributed by atoms with Gasteiger partial charge in [-0.1, -0.05) is 19.8 Å². The third kappa shape index (κ3) is 3.88. The van der Waals surface area contributed by atoms with Crippen LogP contribution in [-0.2, 0) is 0 Å². The van der Waals surface area contributed by atoms with Crippen molar-refractivity contribution in [1.82, 2.24) is 5.43 Å². The zero-order valence-corrected chi connectivity index (χ0v) is 12.3. The van der Waals surface area contributed by atoms with Crippen LogP contribution >= 0.6 is 0 Å². The van der Waals surface area contributed by atoms with Crippen molar-refractivity contribution in [3.8, 4) is 0 Å². The Morgan fingerprint density at radius 2 is 1.65 bits per heavy atom. The molecule has 20 heavy (non-hydrogen) atoms. The minimum atomic E-state index is -4.02. The summed E-state index contributed by atoms with van der Waals surface area (Å²) in [5, 5.41) is 0. The van der Waals surface area contributed by atoms with Crippen LogP contribution in [0.25, 0.3) is 0 Å². The quantitative estimate of drug-likeness (QED) is 0.609. The van der Waals surface area contributed by atoms with E-state index in [1.165, 1.54) is 19.3 Å². The fourth-order valence-electron chi connectivity index (χ4n) is 4.27. The van der Waals surface area contributed by atoms with Crippen LogP contribution in [0, 0.1) is 23.7 Å². The Kier molecular flexibility index (Phi) is 5.35. The summed E-state index contributed by atoms with van der Waals surface area (Å²) in [5.41, 5.74) is 2.93. The van der Waals surface area contributed by atoms with Gasteiger partial charge < -0.3 is 0 Å². The molecule has 0 saturated heterocycles. The van der Waals surface area contributed by atoms with Crippen molar-refractivity contribution in [1.29, 1.82) is 0 Å². The van der Waals surface area contributed by atoms with Gasteiger partial charge in [0.05, 0.1) is 5.92 Å². The molecule has 3 unspecified atom stereocenters. The van der Waals surface area contributed by atoms with E-state index in [0.29, 0.717) is 24.7 Å². The molecule has 0 spiro atoms. The number of rotatable bonds is 3. The average molecular weight is 292 g/mol. The largest absolute Gasteiger partial charge is 0.391 e. The number of alkyl halides is 3. The highest BCUT2D eigenvalue weighted by Crippen LogP contribution is 2.43. The van der Waals surface area contributed by atoms with E-state index in [1.54, 1.807) is 0 Å². The lowest BCUT2D eigenvalue weighted by molar-refractivity contribution is -0.184. The first-order valence-corrected chi connectivity index (χ1v) is 7.94. The topological polar surface area (TPSA) is 38.0 Å². The number of hydrogen-bond acceptors (Lipinski definition) is 2. The van der Waals surface area contributed by atoms with Crippen LogP contribution in [0.1, 0.15) is 58.3 Å². The van der Waals surface area contributed by atoms with Crippen LogP contribution in [-0.4, -0.2) is 12.2 Å². The number of nitrogens with one attached hydrogen (secondary N) is 1. The molecule has 2 saturated carbocycles. The predicted octanol–water partition coefficient (Wildman–Crippen LogP) is 4.01. The van der Waals surface area contributed by atoms with E-state index in [9.17, 15) is 13.2 Å². The first-order valence-electron chi connectivity index (χ1n) is 7.94. The van der Waals surface area contributed by atoms with Crippen LogP contribution in [0.5, 0.6) is 0 Å². The minimum Gasteiger partial charge on any atom is -0.271 e. The molecule has 3 atom stereocenters. The van der Waals surface area contributed by atoms with E-state index >= 15 is 0 Å². The normalized spacial score (nSPS) is 37.6. The fraction of sp³-hybridized carbons (Fsp3) is 1.00. The van der Waals surface area contributed by atoms with Gasteiger partial charge in [0, 0.05) is 6.04 Å². The first-order chi connectivity index (χ1) is 9.41. The molecule has 0 aromatic heterocycles. The van der Waals surface area contributed by atoms with Crippen LogP contribution in [0.3, 0.4) is 0 Å². The monoisotopic (exact) mass is 292 g/mol. The molecule has 0 aromatic carbocycles. The van der Waals surface area contributed by atoms with Gasteiger partial charge in [0.1, 0.15) is 0 Å². The molecule has 5 heteroatoms. The van der Waals surface area contributed by atoms with Gasteiger partial charge in [0.25, 0.3) is 0 Å². The first kappa shape index (κ1) is 16.1. The van der Waals surface area contributed by atoms with E-state index in [1.807, 2.05) is 0 Å². The summed E-state index contributed by atoms with van der Waals surface area (Å²) in [7, 11) is 0. The summed E-state index contributed by atoms with van der Waals surface area (Å²) in [5.74, 6) is 6.20. The summed E-state index contributed by atoms with van der Waals surface area (Å²) < 4.78 is 38.2. The molecule has 2 aliphatic rings. The molecule has 2 aliphatic carbocycles. The second-order valence-corrected chi connectivity index (χ2v) is 6.88. The molecule has 2 fully saturated rings. The smallest absolute Gasteiger partial charge is 0.271 e. The van der Waals surface area contributed by atoms with E-state index in [0.717, 1.165) is 12.3 Å². The van der Waals surface area contributed by atoms with Gasteiger partial charge >= 0.3 is 6.18 Å². The molecular formula is C15H27F3N2. The molecule has 0 radical (unpaired) electrons. The maximum absolute atomic E-state index is 12.7. The highest BCUT2D eigenvalue weighted by atomic mass is 19.4. The maximum atomic E-state index is 12.7. The Bertz CT molecular complexity index is 298. The van der Waals surface area contributed by atoms with Crippen molar-refractivity contribution in [2.24, 2.45) is 29.5 Å². The highest BCUT2D eigenvalue weighted by Gasteiger charge is 2.43. The number of hydrogen-bond donors (Lipinski definition) is 2. The second kappa shape index (κ2) is 6.65. The summed E-state index contributed by atoms with van der Waals surface area (Å²) in [6, 6.07) is 0.201. The molecule has 2 nitrogen and oxygen atoms in total. The molecule has 0 heterocycles. The standard InChI is InChI=1S/C15H27F3N2/c1-10-3-2-4-12(9-10)14(20-19)11-5-7-13(8-6-11)15(16,17)18/h10-14,20H,2-9,19H2,1H3. The summed E-state index contributed by atoms with van der Waals surface area (Å²) in [6.07, 6.45) is 2.66. The Labute approximate surface area is 119 Å². The van der Waals surface area contributed by atoms with Crippen molar-refractivity contribution in [2.75, 3.05) is 0 Å². The maximum Gasteiger partial charge on any atom is 0.391 e. The molecular weight excluding hydrogens is 265 g/mol. The lowest BCUT2D eigenvalue weighted by atomic mass is 9.70. The van der Waals surface area contributed by atoms with Gasteiger partial charge in [-0.3, -0.25) is 11.3 Å². The van der Waals surface area contributed by atoms with Crippen molar-refractivity contribution < 1.29 is 13.2 Å². The van der Waals surface area contributed by atoms with Gasteiger partial charge in [0.15, 0.2) is 0 Å². The van der Waals surface area contributed by atoms with E-state index in [4.69, 9.17) is 5.84 Å². The Morgan fingerprint density at radius 1 is 1.00 bits per heavy atom. The van der Waals surface area contributed by atoms with Crippen molar-refractivity contribution >= 4 is 0 Å². The SMILES string of the molecule is CC1CCCC(C(NN)C2CCC(C(F)(F)F)CC2)C1. The van der Waals surface area contributed by atoms with E-state index < -0.39 is 12.1 Å². The molecule has 0 aromatic rings. The lowest BCUT2D eigenvalue weighted by Crippen LogP contribution is -2.48. The van der Waals surface area contributed by atoms with Crippen molar-refractivity contribution in [3.05, 3.63) is 0 Å². The van der Waals surface area contributed by atoms with E-state index in [-0.39, 0.29) is 18.9 Å². The van der Waals surface area contributed by atoms with Gasteiger partial charge in [0.2, 0.25) is 0 Å². The van der Waals surface area contributed by atoms with Crippen molar-refractivity contribution in [3.63, 3.8) is 0 Å². The molecule has 0 aliphatic heterocycles. The van der Waals surface area contributed by atoms with Crippen LogP contribution in [0.15, 0.2) is 0 Å². The summed E-state index contributed by atoms with van der Waals surface area (Å²) in [4.78, 5) is 0. The van der Waals surface area contributed by atoms with Gasteiger partial charge in [-0.25, -0.2) is 0 Å². The molecule has 2 rings (SSSR count). The van der Waals surface area contributed by atoms with E-state index in [2.05, 4.69) is 12.3 Å². The Balaban J connectivity index is 1.90. The van der Waals surface area contributed by atoms with Crippen LogP contribution in [0.4, 0.5) is 13.2 Å². The zero-order valence-electron chi connectivity index (χ0n) is 12.3. The number of hydrazine groups is 1. The van der Waals surface area contributed by atoms with Crippen molar-refractivity contribution in [2.45, 2.75) is 70.5 Å². The average Bonchev–Trinajstić information content (AvgIpc) is 2.39. The Hall–Kier alpha value is -0.290. The third-order valence-electron chi connectivity index (χ3n) is 5.42. The summed E-state index contributed by atoms with van der Waals surface area (Å²) >= 11 is 0. The minimum absolute atomic E-state index is 0.201. The number of nitrogens with two attached hydrogens (primary N) is 1. The van der Waals surface area contributed by atoms with Gasteiger partial charge in [-0.15, -0.1) is 0 Å². The predicted molar refractivity (Wildman–Crippen MR) is 73.7 cm³/mol. The number of halogens is 3. The van der Waals surface area contributed by atoms with Gasteiger partial charge in [-0.05, 0) is 56.3 Å². The van der Waals surface area contributed by atoms with Gasteiger partial charge in [-0.2, -0.15) is 13.2 Å². The molecule has 0 amide bonds. The van der Waals surface area contributed by atoms with Crippen LogP contribution in [0.2, 0.25) is 0 Å². The second-order valence-electron chi connectivity index (χ2n) is 6.88. The van der Waals surface area contributed by atoms with Crippen LogP contribution < -0.4 is 11.3 Å². The zero-order chi connectivity index (χ0) is 14.8. The highest BCUT2D eigenvalue weighted by molar-refractivity contribution is 4.89. The fourth-order valence-corrected chi connectivity index (χ4v) is 4.27. The Morgan fingerprint density at radius 3 is 2.15 bits per heavy atom.